The van der Waals surface area contributed by atoms with Gasteiger partial charge in [-0.05, 0) is 22.0 Å². The van der Waals surface area contributed by atoms with Gasteiger partial charge in [0.25, 0.3) is 0 Å². The van der Waals surface area contributed by atoms with Crippen LogP contribution >= 0.6 is 15.9 Å². The zero-order valence-corrected chi connectivity index (χ0v) is 8.39. The molecular weight excluding hydrogens is 241 g/mol. The molecule has 0 unspecified atom stereocenters. The SMILES string of the molecule is COc1cc(F)cc(Br)c1NC=O. The summed E-state index contributed by atoms with van der Waals surface area (Å²) in [6.07, 6.45) is 0.501. The van der Waals surface area contributed by atoms with Gasteiger partial charge < -0.3 is 10.1 Å². The van der Waals surface area contributed by atoms with Crippen LogP contribution in [0.4, 0.5) is 10.1 Å². The topological polar surface area (TPSA) is 38.3 Å². The highest BCUT2D eigenvalue weighted by Crippen LogP contribution is 2.33. The molecule has 0 aliphatic rings. The van der Waals surface area contributed by atoms with Crippen molar-refractivity contribution < 1.29 is 13.9 Å². The Morgan fingerprint density at radius 1 is 1.62 bits per heavy atom. The lowest BCUT2D eigenvalue weighted by atomic mass is 10.3. The van der Waals surface area contributed by atoms with Crippen molar-refractivity contribution in [3.05, 3.63) is 22.4 Å². The van der Waals surface area contributed by atoms with E-state index in [-0.39, 0.29) is 5.75 Å². The van der Waals surface area contributed by atoms with Crippen LogP contribution in [-0.2, 0) is 4.79 Å². The van der Waals surface area contributed by atoms with Gasteiger partial charge in [-0.2, -0.15) is 0 Å². The maximum atomic E-state index is 12.8. The Balaban J connectivity index is 3.20. The average Bonchev–Trinajstić information content (AvgIpc) is 2.09. The lowest BCUT2D eigenvalue weighted by Gasteiger charge is -2.08. The number of amides is 1. The van der Waals surface area contributed by atoms with Crippen LogP contribution in [0.25, 0.3) is 0 Å². The molecule has 70 valence electrons. The molecule has 0 bridgehead atoms. The maximum Gasteiger partial charge on any atom is 0.211 e. The Labute approximate surface area is 83.0 Å². The molecule has 1 aromatic carbocycles. The summed E-state index contributed by atoms with van der Waals surface area (Å²) in [5, 5.41) is 2.40. The number of ether oxygens (including phenoxy) is 1. The monoisotopic (exact) mass is 247 g/mol. The summed E-state index contributed by atoms with van der Waals surface area (Å²) in [6.45, 7) is 0. The summed E-state index contributed by atoms with van der Waals surface area (Å²) in [5.74, 6) is -0.154. The average molecular weight is 248 g/mol. The molecule has 0 spiro atoms. The molecule has 0 aromatic heterocycles. The number of rotatable bonds is 3. The molecular formula is C8H7BrFNO2. The lowest BCUT2D eigenvalue weighted by molar-refractivity contribution is -0.105. The van der Waals surface area contributed by atoms with E-state index in [2.05, 4.69) is 21.2 Å². The van der Waals surface area contributed by atoms with Crippen molar-refractivity contribution >= 4 is 28.0 Å². The maximum absolute atomic E-state index is 12.8. The number of nitrogens with one attached hydrogen (secondary N) is 1. The smallest absolute Gasteiger partial charge is 0.211 e. The summed E-state index contributed by atoms with van der Waals surface area (Å²) in [7, 11) is 1.40. The van der Waals surface area contributed by atoms with E-state index in [1.807, 2.05) is 0 Å². The minimum Gasteiger partial charge on any atom is -0.494 e. The highest BCUT2D eigenvalue weighted by molar-refractivity contribution is 9.10. The predicted octanol–water partition coefficient (Wildman–Crippen LogP) is 2.17. The third-order valence-electron chi connectivity index (χ3n) is 1.44. The van der Waals surface area contributed by atoms with Gasteiger partial charge in [0, 0.05) is 10.5 Å². The zero-order chi connectivity index (χ0) is 9.84. The van der Waals surface area contributed by atoms with Gasteiger partial charge in [-0.3, -0.25) is 4.79 Å². The van der Waals surface area contributed by atoms with Crippen LogP contribution in [0.2, 0.25) is 0 Å². The van der Waals surface area contributed by atoms with Crippen LogP contribution in [0.1, 0.15) is 0 Å². The van der Waals surface area contributed by atoms with E-state index in [0.29, 0.717) is 16.6 Å². The molecule has 0 fully saturated rings. The molecule has 0 aliphatic carbocycles. The molecule has 1 aromatic rings. The first-order valence-electron chi connectivity index (χ1n) is 3.42. The van der Waals surface area contributed by atoms with Crippen LogP contribution < -0.4 is 10.1 Å². The lowest BCUT2D eigenvalue weighted by Crippen LogP contribution is -1.99. The minimum absolute atomic E-state index is 0.277. The minimum atomic E-state index is -0.430. The number of halogens is 2. The molecule has 1 rings (SSSR count). The fraction of sp³-hybridized carbons (Fsp3) is 0.125. The predicted molar refractivity (Wildman–Crippen MR) is 50.3 cm³/mol. The molecule has 0 heterocycles. The van der Waals surface area contributed by atoms with Gasteiger partial charge in [-0.15, -0.1) is 0 Å². The summed E-state index contributed by atoms with van der Waals surface area (Å²) in [4.78, 5) is 10.2. The molecule has 0 aliphatic heterocycles. The van der Waals surface area contributed by atoms with Crippen LogP contribution in [0.3, 0.4) is 0 Å². The quantitative estimate of drug-likeness (QED) is 0.832. The molecule has 5 heteroatoms. The highest BCUT2D eigenvalue weighted by atomic mass is 79.9. The second kappa shape index (κ2) is 4.23. The fourth-order valence-corrected chi connectivity index (χ4v) is 1.44. The van der Waals surface area contributed by atoms with E-state index < -0.39 is 5.82 Å². The van der Waals surface area contributed by atoms with Gasteiger partial charge >= 0.3 is 0 Å². The summed E-state index contributed by atoms with van der Waals surface area (Å²) < 4.78 is 18.1. The van der Waals surface area contributed by atoms with Crippen molar-refractivity contribution in [2.24, 2.45) is 0 Å². The van der Waals surface area contributed by atoms with E-state index in [9.17, 15) is 9.18 Å². The van der Waals surface area contributed by atoms with E-state index in [1.165, 1.54) is 19.2 Å². The van der Waals surface area contributed by atoms with Gasteiger partial charge in [0.2, 0.25) is 6.41 Å². The molecule has 0 radical (unpaired) electrons. The van der Waals surface area contributed by atoms with Crippen molar-refractivity contribution in [3.8, 4) is 5.75 Å². The summed E-state index contributed by atoms with van der Waals surface area (Å²) in [5.41, 5.74) is 0.416. The first-order chi connectivity index (χ1) is 6.19. The van der Waals surface area contributed by atoms with Gasteiger partial charge in [0.15, 0.2) is 0 Å². The van der Waals surface area contributed by atoms with E-state index in [4.69, 9.17) is 4.74 Å². The number of anilines is 1. The van der Waals surface area contributed by atoms with Crippen molar-refractivity contribution in [1.82, 2.24) is 0 Å². The number of benzene rings is 1. The van der Waals surface area contributed by atoms with Gasteiger partial charge in [-0.1, -0.05) is 0 Å². The number of carbonyl (C=O) groups is 1. The number of carbonyl (C=O) groups excluding carboxylic acids is 1. The molecule has 13 heavy (non-hydrogen) atoms. The van der Waals surface area contributed by atoms with Crippen molar-refractivity contribution in [2.45, 2.75) is 0 Å². The van der Waals surface area contributed by atoms with Crippen molar-refractivity contribution in [3.63, 3.8) is 0 Å². The van der Waals surface area contributed by atoms with Crippen LogP contribution in [0.15, 0.2) is 16.6 Å². The van der Waals surface area contributed by atoms with Crippen LogP contribution in [0, 0.1) is 5.82 Å². The van der Waals surface area contributed by atoms with E-state index >= 15 is 0 Å². The Bertz CT molecular complexity index is 330. The standard InChI is InChI=1S/C8H7BrFNO2/c1-13-7-3-5(10)2-6(9)8(7)11-4-12/h2-4H,1H3,(H,11,12). The zero-order valence-electron chi connectivity index (χ0n) is 6.80. The van der Waals surface area contributed by atoms with E-state index in [1.54, 1.807) is 0 Å². The Hall–Kier alpha value is -1.10. The molecule has 0 saturated carbocycles. The fourth-order valence-electron chi connectivity index (χ4n) is 0.910. The molecule has 1 amide bonds. The van der Waals surface area contributed by atoms with Crippen molar-refractivity contribution in [1.29, 1.82) is 0 Å². The van der Waals surface area contributed by atoms with Gasteiger partial charge in [-0.25, -0.2) is 4.39 Å². The third kappa shape index (κ3) is 2.18. The van der Waals surface area contributed by atoms with Crippen molar-refractivity contribution in [2.75, 3.05) is 12.4 Å². The molecule has 0 saturated heterocycles. The number of hydrogen-bond acceptors (Lipinski definition) is 2. The number of hydrogen-bond donors (Lipinski definition) is 1. The number of methoxy groups -OCH3 is 1. The second-order valence-corrected chi connectivity index (χ2v) is 3.08. The molecule has 1 N–H and O–H groups in total. The normalized spacial score (nSPS) is 9.46. The van der Waals surface area contributed by atoms with Crippen LogP contribution in [0.5, 0.6) is 5.75 Å². The first kappa shape index (κ1) is 9.98. The molecule has 3 nitrogen and oxygen atoms in total. The van der Waals surface area contributed by atoms with Crippen LogP contribution in [-0.4, -0.2) is 13.5 Å². The Morgan fingerprint density at radius 2 is 2.31 bits per heavy atom. The Morgan fingerprint density at radius 3 is 2.85 bits per heavy atom. The first-order valence-corrected chi connectivity index (χ1v) is 4.21. The Kier molecular flexibility index (Phi) is 3.25. The highest BCUT2D eigenvalue weighted by Gasteiger charge is 2.08. The third-order valence-corrected chi connectivity index (χ3v) is 2.07. The molecule has 0 atom stereocenters. The van der Waals surface area contributed by atoms with Gasteiger partial charge in [0.05, 0.1) is 12.8 Å². The largest absolute Gasteiger partial charge is 0.494 e. The summed E-state index contributed by atoms with van der Waals surface area (Å²) in [6, 6.07) is 2.44. The van der Waals surface area contributed by atoms with E-state index in [0.717, 1.165) is 0 Å². The summed E-state index contributed by atoms with van der Waals surface area (Å²) >= 11 is 3.10. The van der Waals surface area contributed by atoms with Gasteiger partial charge in [0.1, 0.15) is 11.6 Å². The second-order valence-electron chi connectivity index (χ2n) is 2.23.